The summed E-state index contributed by atoms with van der Waals surface area (Å²) in [6.45, 7) is 0. The van der Waals surface area contributed by atoms with E-state index >= 15 is 0 Å². The molecule has 0 bridgehead atoms. The van der Waals surface area contributed by atoms with Crippen molar-refractivity contribution in [3.05, 3.63) is 227 Å². The molecule has 2 atom stereocenters. The maximum atomic E-state index is 6.98. The summed E-state index contributed by atoms with van der Waals surface area (Å²) in [4.78, 5) is 5.19. The Balaban J connectivity index is 1.09. The van der Waals surface area contributed by atoms with Crippen LogP contribution in [-0.4, -0.2) is 5.84 Å². The Hall–Kier alpha value is -7.21. The first kappa shape index (κ1) is 32.1. The van der Waals surface area contributed by atoms with E-state index in [0.717, 1.165) is 78.2 Å². The van der Waals surface area contributed by atoms with Crippen LogP contribution < -0.4 is 15.4 Å². The molecule has 2 aliphatic heterocycles. The van der Waals surface area contributed by atoms with Gasteiger partial charge in [0.25, 0.3) is 0 Å². The molecule has 3 aliphatic rings. The third-order valence-electron chi connectivity index (χ3n) is 12.1. The van der Waals surface area contributed by atoms with Gasteiger partial charge in [0.15, 0.2) is 0 Å². The van der Waals surface area contributed by atoms with Crippen LogP contribution in [0.15, 0.2) is 197 Å². The van der Waals surface area contributed by atoms with Gasteiger partial charge in [0.1, 0.15) is 40.8 Å². The maximum Gasteiger partial charge on any atom is 0.143 e. The Kier molecular flexibility index (Phi) is 6.98. The maximum absolute atomic E-state index is 6.98. The predicted molar refractivity (Wildman–Crippen MR) is 228 cm³/mol. The van der Waals surface area contributed by atoms with Crippen LogP contribution in [0, 0.1) is 0 Å². The van der Waals surface area contributed by atoms with E-state index in [0.29, 0.717) is 0 Å². The number of nitrogens with one attached hydrogen (secondary N) is 2. The van der Waals surface area contributed by atoms with Gasteiger partial charge in [0, 0.05) is 38.6 Å². The molecule has 3 heterocycles. The second-order valence-electron chi connectivity index (χ2n) is 15.0. The number of aliphatic imine (C=N–C) groups is 1. The van der Waals surface area contributed by atoms with Crippen LogP contribution in [0.4, 0.5) is 0 Å². The fraction of sp³-hybridized carbons (Fsp3) is 0.0577. The number of para-hydroxylation sites is 3. The standard InChI is InChI=1S/C52H35N3O2/c1-3-16-32(17-4-1)49-53-50(33-18-5-2-6-19-33)55-51(54-49)38-31-30-35(48-47(38)37-21-8-12-27-43(37)57-48)34-22-15-26-42-46(34)36-20-7-9-23-39(36)52(42)40-24-10-13-28-44(40)56-45-29-14-11-25-41(45)52/h1-31,49,51,54H,(H,53,55). The number of benzene rings is 8. The molecule has 0 radical (unpaired) electrons. The third-order valence-corrected chi connectivity index (χ3v) is 12.1. The van der Waals surface area contributed by atoms with Crippen LogP contribution >= 0.6 is 0 Å². The zero-order chi connectivity index (χ0) is 37.5. The minimum atomic E-state index is -0.560. The molecule has 1 aromatic heterocycles. The van der Waals surface area contributed by atoms with Crippen molar-refractivity contribution in [2.24, 2.45) is 4.99 Å². The first-order valence-corrected chi connectivity index (χ1v) is 19.5. The van der Waals surface area contributed by atoms with Crippen LogP contribution in [0.1, 0.15) is 51.3 Å². The molecule has 0 amide bonds. The summed E-state index contributed by atoms with van der Waals surface area (Å²) in [7, 11) is 0. The van der Waals surface area contributed by atoms with Gasteiger partial charge >= 0.3 is 0 Å². The number of nitrogens with zero attached hydrogens (tertiary/aromatic N) is 1. The molecular formula is C52H35N3O2. The lowest BCUT2D eigenvalue weighted by molar-refractivity contribution is 0.411. The predicted octanol–water partition coefficient (Wildman–Crippen LogP) is 12.1. The van der Waals surface area contributed by atoms with Crippen molar-refractivity contribution in [1.29, 1.82) is 0 Å². The number of ether oxygens (including phenoxy) is 1. The average Bonchev–Trinajstić information content (AvgIpc) is 3.82. The van der Waals surface area contributed by atoms with Gasteiger partial charge in [0.05, 0.1) is 5.41 Å². The van der Waals surface area contributed by atoms with Gasteiger partial charge in [0.2, 0.25) is 0 Å². The molecule has 5 nitrogen and oxygen atoms in total. The van der Waals surface area contributed by atoms with E-state index in [9.17, 15) is 0 Å². The van der Waals surface area contributed by atoms with Crippen molar-refractivity contribution in [3.8, 4) is 33.8 Å². The summed E-state index contributed by atoms with van der Waals surface area (Å²) in [5.74, 6) is 2.61. The fourth-order valence-corrected chi connectivity index (χ4v) is 9.70. The molecule has 2 N–H and O–H groups in total. The molecule has 8 aromatic carbocycles. The van der Waals surface area contributed by atoms with E-state index in [-0.39, 0.29) is 12.3 Å². The highest BCUT2D eigenvalue weighted by atomic mass is 16.5. The SMILES string of the molecule is c1ccc(C2=NC(c3ccccc3)NC(c3ccc(-c4cccc5c4-c4ccccc4C54c5ccccc5Oc5ccccc54)c4oc5ccccc5c34)N2)cc1. The van der Waals surface area contributed by atoms with Crippen LogP contribution in [0.5, 0.6) is 11.5 Å². The highest BCUT2D eigenvalue weighted by molar-refractivity contribution is 6.13. The van der Waals surface area contributed by atoms with Gasteiger partial charge in [-0.05, 0) is 51.6 Å². The van der Waals surface area contributed by atoms with E-state index in [4.69, 9.17) is 14.1 Å². The van der Waals surface area contributed by atoms with Crippen molar-refractivity contribution in [1.82, 2.24) is 10.6 Å². The highest BCUT2D eigenvalue weighted by Gasteiger charge is 2.51. The molecule has 0 saturated heterocycles. The summed E-state index contributed by atoms with van der Waals surface area (Å²) in [6.07, 6.45) is -0.517. The van der Waals surface area contributed by atoms with Gasteiger partial charge in [-0.1, -0.05) is 170 Å². The van der Waals surface area contributed by atoms with Crippen LogP contribution in [0.25, 0.3) is 44.2 Å². The molecule has 9 aromatic rings. The van der Waals surface area contributed by atoms with Crippen LogP contribution in [-0.2, 0) is 5.41 Å². The van der Waals surface area contributed by atoms with E-state index < -0.39 is 5.41 Å². The molecule has 57 heavy (non-hydrogen) atoms. The minimum absolute atomic E-state index is 0.254. The van der Waals surface area contributed by atoms with Crippen molar-refractivity contribution in [2.45, 2.75) is 17.7 Å². The molecule has 270 valence electrons. The smallest absolute Gasteiger partial charge is 0.143 e. The van der Waals surface area contributed by atoms with Gasteiger partial charge in [-0.15, -0.1) is 0 Å². The Bertz CT molecular complexity index is 3030. The molecular weight excluding hydrogens is 699 g/mol. The van der Waals surface area contributed by atoms with E-state index in [1.165, 1.54) is 22.3 Å². The number of hydrogen-bond donors (Lipinski definition) is 2. The van der Waals surface area contributed by atoms with Crippen molar-refractivity contribution in [3.63, 3.8) is 0 Å². The topological polar surface area (TPSA) is 58.8 Å². The lowest BCUT2D eigenvalue weighted by atomic mass is 9.66. The first-order chi connectivity index (χ1) is 28.3. The molecule has 2 unspecified atom stereocenters. The zero-order valence-electron chi connectivity index (χ0n) is 30.8. The van der Waals surface area contributed by atoms with E-state index in [1.54, 1.807) is 0 Å². The molecule has 1 aliphatic carbocycles. The highest BCUT2D eigenvalue weighted by Crippen LogP contribution is 2.63. The summed E-state index contributed by atoms with van der Waals surface area (Å²) in [5, 5.41) is 9.79. The number of hydrogen-bond acceptors (Lipinski definition) is 5. The largest absolute Gasteiger partial charge is 0.457 e. The summed E-state index contributed by atoms with van der Waals surface area (Å²) in [5.41, 5.74) is 13.8. The Morgan fingerprint density at radius 1 is 0.509 bits per heavy atom. The number of amidine groups is 1. The molecule has 5 heteroatoms. The molecule has 0 fully saturated rings. The lowest BCUT2D eigenvalue weighted by Gasteiger charge is -2.39. The molecule has 0 saturated carbocycles. The molecule has 12 rings (SSSR count). The van der Waals surface area contributed by atoms with Crippen LogP contribution in [0.2, 0.25) is 0 Å². The average molecular weight is 734 g/mol. The van der Waals surface area contributed by atoms with E-state index in [2.05, 4.69) is 180 Å². The normalized spacial score (nSPS) is 17.2. The summed E-state index contributed by atoms with van der Waals surface area (Å²) < 4.78 is 13.6. The van der Waals surface area contributed by atoms with Gasteiger partial charge in [-0.2, -0.15) is 0 Å². The second kappa shape index (κ2) is 12.4. The van der Waals surface area contributed by atoms with Crippen molar-refractivity contribution >= 4 is 27.8 Å². The monoisotopic (exact) mass is 733 g/mol. The number of furan rings is 1. The van der Waals surface area contributed by atoms with Gasteiger partial charge in [-0.25, -0.2) is 4.99 Å². The quantitative estimate of drug-likeness (QED) is 0.189. The van der Waals surface area contributed by atoms with Crippen LogP contribution in [0.3, 0.4) is 0 Å². The number of fused-ring (bicyclic) bond motifs is 12. The molecule has 1 spiro atoms. The van der Waals surface area contributed by atoms with Gasteiger partial charge < -0.3 is 14.5 Å². The minimum Gasteiger partial charge on any atom is -0.457 e. The fourth-order valence-electron chi connectivity index (χ4n) is 9.70. The Morgan fingerprint density at radius 3 is 1.93 bits per heavy atom. The summed E-state index contributed by atoms with van der Waals surface area (Å²) in [6, 6.07) is 66.5. The Labute approximate surface area is 329 Å². The Morgan fingerprint density at radius 2 is 1.14 bits per heavy atom. The lowest BCUT2D eigenvalue weighted by Crippen LogP contribution is -2.45. The van der Waals surface area contributed by atoms with E-state index in [1.807, 2.05) is 18.2 Å². The summed E-state index contributed by atoms with van der Waals surface area (Å²) >= 11 is 0. The second-order valence-corrected chi connectivity index (χ2v) is 15.0. The first-order valence-electron chi connectivity index (χ1n) is 19.5. The third kappa shape index (κ3) is 4.64. The van der Waals surface area contributed by atoms with Crippen molar-refractivity contribution in [2.75, 3.05) is 0 Å². The van der Waals surface area contributed by atoms with Gasteiger partial charge in [-0.3, -0.25) is 5.32 Å². The number of rotatable bonds is 4. The zero-order valence-corrected chi connectivity index (χ0v) is 30.8. The van der Waals surface area contributed by atoms with Crippen molar-refractivity contribution < 1.29 is 9.15 Å².